The van der Waals surface area contributed by atoms with E-state index in [4.69, 9.17) is 0 Å². The topological polar surface area (TPSA) is 27.8 Å². The second kappa shape index (κ2) is 7.32. The minimum absolute atomic E-state index is 0.296. The zero-order valence-corrected chi connectivity index (χ0v) is 16.1. The van der Waals surface area contributed by atoms with Crippen LogP contribution in [0.1, 0.15) is 34.0 Å². The van der Waals surface area contributed by atoms with Crippen LogP contribution in [-0.2, 0) is 6.18 Å². The zero-order valence-electron chi connectivity index (χ0n) is 16.1. The zero-order chi connectivity index (χ0) is 20.6. The van der Waals surface area contributed by atoms with E-state index < -0.39 is 11.7 Å². The quantitative estimate of drug-likeness (QED) is 0.383. The number of fused-ring (bicyclic) bond motifs is 1. The van der Waals surface area contributed by atoms with Gasteiger partial charge in [0.1, 0.15) is 0 Å². The highest BCUT2D eigenvalue weighted by atomic mass is 19.4. The average Bonchev–Trinajstić information content (AvgIpc) is 3.02. The Balaban J connectivity index is 1.84. The molecule has 1 unspecified atom stereocenters. The molecule has 29 heavy (non-hydrogen) atoms. The van der Waals surface area contributed by atoms with Crippen LogP contribution >= 0.6 is 0 Å². The molecule has 2 nitrogen and oxygen atoms in total. The molecule has 4 rings (SSSR count). The molecule has 1 atom stereocenters. The summed E-state index contributed by atoms with van der Waals surface area (Å²) in [6.45, 7) is 4.00. The van der Waals surface area contributed by atoms with E-state index >= 15 is 0 Å². The highest BCUT2D eigenvalue weighted by molar-refractivity contribution is 5.86. The third-order valence-corrected chi connectivity index (χ3v) is 5.14. The van der Waals surface area contributed by atoms with Crippen molar-refractivity contribution in [2.75, 3.05) is 5.32 Å². The fourth-order valence-corrected chi connectivity index (χ4v) is 3.70. The van der Waals surface area contributed by atoms with E-state index in [1.165, 1.54) is 6.07 Å². The summed E-state index contributed by atoms with van der Waals surface area (Å²) in [6, 6.07) is 21.1. The van der Waals surface area contributed by atoms with E-state index in [1.807, 2.05) is 62.4 Å². The monoisotopic (exact) mass is 394 g/mol. The number of alkyl halides is 3. The Kier molecular flexibility index (Phi) is 4.82. The second-order valence-corrected chi connectivity index (χ2v) is 7.28. The molecule has 3 aromatic carbocycles. The third kappa shape index (κ3) is 3.86. The van der Waals surface area contributed by atoms with Crippen molar-refractivity contribution >= 4 is 16.6 Å². The maximum Gasteiger partial charge on any atom is 0.416 e. The van der Waals surface area contributed by atoms with Gasteiger partial charge in [0, 0.05) is 27.8 Å². The number of rotatable bonds is 4. The van der Waals surface area contributed by atoms with Gasteiger partial charge in [-0.25, -0.2) is 0 Å². The van der Waals surface area contributed by atoms with Crippen LogP contribution in [0.5, 0.6) is 0 Å². The lowest BCUT2D eigenvalue weighted by molar-refractivity contribution is -0.137. The Bertz CT molecular complexity index is 1140. The first-order valence-electron chi connectivity index (χ1n) is 9.40. The molecule has 0 radical (unpaired) electrons. The Hall–Kier alpha value is -3.21. The summed E-state index contributed by atoms with van der Waals surface area (Å²) in [5.74, 6) is 0. The Morgan fingerprint density at radius 3 is 2.31 bits per heavy atom. The van der Waals surface area contributed by atoms with Gasteiger partial charge in [-0.05, 0) is 43.7 Å². The number of anilines is 1. The van der Waals surface area contributed by atoms with Crippen molar-refractivity contribution in [3.8, 4) is 0 Å². The number of halogens is 3. The predicted octanol–water partition coefficient (Wildman–Crippen LogP) is 7.01. The number of aryl methyl sites for hydroxylation is 2. The lowest BCUT2D eigenvalue weighted by Crippen LogP contribution is -2.14. The number of hydrogen-bond acceptors (Lipinski definition) is 1. The Morgan fingerprint density at radius 2 is 1.59 bits per heavy atom. The molecule has 4 aromatic rings. The van der Waals surface area contributed by atoms with Crippen molar-refractivity contribution in [2.24, 2.45) is 0 Å². The van der Waals surface area contributed by atoms with Gasteiger partial charge in [-0.2, -0.15) is 13.2 Å². The first-order chi connectivity index (χ1) is 13.8. The van der Waals surface area contributed by atoms with Crippen molar-refractivity contribution < 1.29 is 13.2 Å². The normalized spacial score (nSPS) is 12.9. The molecule has 148 valence electrons. The van der Waals surface area contributed by atoms with Crippen LogP contribution in [0.15, 0.2) is 72.8 Å². The van der Waals surface area contributed by atoms with Gasteiger partial charge in [0.2, 0.25) is 0 Å². The molecule has 1 heterocycles. The maximum atomic E-state index is 13.2. The van der Waals surface area contributed by atoms with Gasteiger partial charge in [0.15, 0.2) is 0 Å². The van der Waals surface area contributed by atoms with Crippen LogP contribution in [-0.4, -0.2) is 4.98 Å². The highest BCUT2D eigenvalue weighted by Gasteiger charge is 2.31. The van der Waals surface area contributed by atoms with Gasteiger partial charge in [-0.1, -0.05) is 54.1 Å². The predicted molar refractivity (Wildman–Crippen MR) is 111 cm³/mol. The largest absolute Gasteiger partial charge is 0.416 e. The molecular weight excluding hydrogens is 373 g/mol. The molecular formula is C24H21F3N2. The van der Waals surface area contributed by atoms with Gasteiger partial charge in [0.25, 0.3) is 0 Å². The van der Waals surface area contributed by atoms with Gasteiger partial charge >= 0.3 is 6.18 Å². The minimum Gasteiger partial charge on any atom is -0.374 e. The number of aromatic nitrogens is 1. The molecule has 0 aliphatic rings. The summed E-state index contributed by atoms with van der Waals surface area (Å²) in [7, 11) is 0. The molecule has 0 aliphatic heterocycles. The molecule has 0 amide bonds. The van der Waals surface area contributed by atoms with Gasteiger partial charge < -0.3 is 10.3 Å². The molecule has 2 N–H and O–H groups in total. The van der Waals surface area contributed by atoms with Gasteiger partial charge in [-0.15, -0.1) is 0 Å². The lowest BCUT2D eigenvalue weighted by Gasteiger charge is -2.22. The van der Waals surface area contributed by atoms with Crippen LogP contribution in [0.2, 0.25) is 0 Å². The van der Waals surface area contributed by atoms with Gasteiger partial charge in [0.05, 0.1) is 11.6 Å². The van der Waals surface area contributed by atoms with Crippen LogP contribution in [0, 0.1) is 13.8 Å². The number of para-hydroxylation sites is 1. The third-order valence-electron chi connectivity index (χ3n) is 5.14. The number of nitrogens with one attached hydrogen (secondary N) is 2. The van der Waals surface area contributed by atoms with Crippen LogP contribution in [0.4, 0.5) is 18.9 Å². The summed E-state index contributed by atoms with van der Waals surface area (Å²) in [6.07, 6.45) is -4.38. The first-order valence-corrected chi connectivity index (χ1v) is 9.40. The summed E-state index contributed by atoms with van der Waals surface area (Å²) in [5.41, 5.74) is 4.89. The molecule has 5 heteroatoms. The van der Waals surface area contributed by atoms with E-state index in [0.29, 0.717) is 5.69 Å². The lowest BCUT2D eigenvalue weighted by atomic mass is 9.95. The van der Waals surface area contributed by atoms with Crippen molar-refractivity contribution in [3.63, 3.8) is 0 Å². The standard InChI is InChI=1S/C24H21F3N2/c1-15-10-12-17(13-11-15)23(22-16(2)28-21-9-4-3-8-20(21)22)29-19-7-5-6-18(14-19)24(25,26)27/h3-14,23,28-29H,1-2H3. The van der Waals surface area contributed by atoms with Crippen molar-refractivity contribution in [1.29, 1.82) is 0 Å². The molecule has 0 aliphatic carbocycles. The fourth-order valence-electron chi connectivity index (χ4n) is 3.70. The van der Waals surface area contributed by atoms with Gasteiger partial charge in [-0.3, -0.25) is 0 Å². The number of hydrogen-bond donors (Lipinski definition) is 2. The molecule has 0 spiro atoms. The Labute approximate surface area is 167 Å². The fraction of sp³-hybridized carbons (Fsp3) is 0.167. The van der Waals surface area contributed by atoms with E-state index in [1.54, 1.807) is 6.07 Å². The maximum absolute atomic E-state index is 13.2. The van der Waals surface area contributed by atoms with Crippen LogP contribution in [0.25, 0.3) is 10.9 Å². The molecule has 0 fully saturated rings. The van der Waals surface area contributed by atoms with E-state index in [2.05, 4.69) is 10.3 Å². The minimum atomic E-state index is -4.38. The number of H-pyrrole nitrogens is 1. The average molecular weight is 394 g/mol. The molecule has 1 aromatic heterocycles. The van der Waals surface area contributed by atoms with Crippen LogP contribution in [0.3, 0.4) is 0 Å². The highest BCUT2D eigenvalue weighted by Crippen LogP contribution is 2.36. The summed E-state index contributed by atoms with van der Waals surface area (Å²) in [4.78, 5) is 3.39. The summed E-state index contributed by atoms with van der Waals surface area (Å²) < 4.78 is 39.6. The number of benzene rings is 3. The Morgan fingerprint density at radius 1 is 0.862 bits per heavy atom. The smallest absolute Gasteiger partial charge is 0.374 e. The summed E-state index contributed by atoms with van der Waals surface area (Å²) >= 11 is 0. The van der Waals surface area contributed by atoms with Crippen molar-refractivity contribution in [2.45, 2.75) is 26.1 Å². The first kappa shape index (κ1) is 19.1. The summed E-state index contributed by atoms with van der Waals surface area (Å²) in [5, 5.41) is 4.39. The van der Waals surface area contributed by atoms with Crippen molar-refractivity contribution in [1.82, 2.24) is 4.98 Å². The molecule has 0 saturated heterocycles. The van der Waals surface area contributed by atoms with E-state index in [-0.39, 0.29) is 6.04 Å². The van der Waals surface area contributed by atoms with Crippen molar-refractivity contribution in [3.05, 3.63) is 101 Å². The second-order valence-electron chi connectivity index (χ2n) is 7.28. The number of aromatic amines is 1. The SMILES string of the molecule is Cc1ccc(C(Nc2cccc(C(F)(F)F)c2)c2c(C)[nH]c3ccccc23)cc1. The van der Waals surface area contributed by atoms with E-state index in [9.17, 15) is 13.2 Å². The van der Waals surface area contributed by atoms with E-state index in [0.717, 1.165) is 45.4 Å². The van der Waals surface area contributed by atoms with Crippen LogP contribution < -0.4 is 5.32 Å². The molecule has 0 bridgehead atoms. The molecule has 0 saturated carbocycles.